The molecule has 1 amide bonds. The van der Waals surface area contributed by atoms with Crippen LogP contribution in [-0.2, 0) is 4.79 Å². The van der Waals surface area contributed by atoms with Gasteiger partial charge in [0.15, 0.2) is 0 Å². The molecule has 0 bridgehead atoms. The van der Waals surface area contributed by atoms with Gasteiger partial charge in [0.05, 0.1) is 6.04 Å². The maximum Gasteiger partial charge on any atom is 0.237 e. The lowest BCUT2D eigenvalue weighted by atomic mass is 9.77. The van der Waals surface area contributed by atoms with E-state index in [0.29, 0.717) is 12.1 Å². The average molecular weight is 316 g/mol. The van der Waals surface area contributed by atoms with Crippen LogP contribution in [0.5, 0.6) is 0 Å². The third-order valence-corrected chi connectivity index (χ3v) is 5.57. The Balaban J connectivity index is 0.00000161. The zero-order valence-corrected chi connectivity index (χ0v) is 14.2. The van der Waals surface area contributed by atoms with Crippen LogP contribution in [0, 0.1) is 5.41 Å². The van der Waals surface area contributed by atoms with Crippen LogP contribution >= 0.6 is 12.4 Å². The molecule has 3 heterocycles. The first kappa shape index (κ1) is 17.0. The van der Waals surface area contributed by atoms with Gasteiger partial charge in [-0.25, -0.2) is 0 Å². The molecular weight excluding hydrogens is 286 g/mol. The number of nitrogens with zero attached hydrogens (tertiary/aromatic N) is 1. The zero-order valence-electron chi connectivity index (χ0n) is 13.4. The molecule has 4 nitrogen and oxygen atoms in total. The summed E-state index contributed by atoms with van der Waals surface area (Å²) in [4.78, 5) is 15.2. The fourth-order valence-corrected chi connectivity index (χ4v) is 4.34. The van der Waals surface area contributed by atoms with Gasteiger partial charge in [-0.05, 0) is 50.6 Å². The van der Waals surface area contributed by atoms with Crippen LogP contribution in [0.3, 0.4) is 0 Å². The molecule has 0 saturated carbocycles. The minimum absolute atomic E-state index is 0. The Hall–Kier alpha value is -0.320. The molecule has 122 valence electrons. The second-order valence-corrected chi connectivity index (χ2v) is 7.48. The number of nitrogens with one attached hydrogen (secondary N) is 2. The van der Waals surface area contributed by atoms with Crippen LogP contribution < -0.4 is 10.6 Å². The summed E-state index contributed by atoms with van der Waals surface area (Å²) < 4.78 is 0. The average Bonchev–Trinajstić information content (AvgIpc) is 2.81. The van der Waals surface area contributed by atoms with Crippen molar-refractivity contribution in [3.05, 3.63) is 0 Å². The monoisotopic (exact) mass is 315 g/mol. The highest BCUT2D eigenvalue weighted by Crippen LogP contribution is 2.31. The summed E-state index contributed by atoms with van der Waals surface area (Å²) in [6.45, 7) is 7.79. The summed E-state index contributed by atoms with van der Waals surface area (Å²) in [5.41, 5.74) is 0.0766. The van der Waals surface area contributed by atoms with Gasteiger partial charge in [0.1, 0.15) is 0 Å². The van der Waals surface area contributed by atoms with Gasteiger partial charge in [0, 0.05) is 18.6 Å². The number of hydrogen-bond acceptors (Lipinski definition) is 3. The van der Waals surface area contributed by atoms with Crippen molar-refractivity contribution in [2.75, 3.05) is 19.6 Å². The molecule has 0 spiro atoms. The van der Waals surface area contributed by atoms with E-state index < -0.39 is 0 Å². The summed E-state index contributed by atoms with van der Waals surface area (Å²) in [5.74, 6) is 0.229. The molecule has 0 aliphatic carbocycles. The van der Waals surface area contributed by atoms with E-state index in [0.717, 1.165) is 25.9 Å². The number of piperidine rings is 2. The van der Waals surface area contributed by atoms with Gasteiger partial charge < -0.3 is 10.6 Å². The Morgan fingerprint density at radius 1 is 1.19 bits per heavy atom. The molecule has 0 aromatic rings. The quantitative estimate of drug-likeness (QED) is 0.818. The van der Waals surface area contributed by atoms with Crippen molar-refractivity contribution in [3.63, 3.8) is 0 Å². The molecule has 0 aromatic carbocycles. The molecule has 0 radical (unpaired) electrons. The fourth-order valence-electron chi connectivity index (χ4n) is 4.34. The van der Waals surface area contributed by atoms with Crippen LogP contribution in [-0.4, -0.2) is 48.6 Å². The normalized spacial score (nSPS) is 35.6. The number of rotatable bonds is 2. The standard InChI is InChI=1S/C16H29N3O.ClH/c1-16(2)8-5-9-17-14(16)15(20)18-12-7-11-19-10-4-3-6-13(12)19;/h12-14,17H,3-11H2,1-2H3,(H,18,20);1H. The van der Waals surface area contributed by atoms with Crippen LogP contribution in [0.1, 0.15) is 52.4 Å². The number of amides is 1. The van der Waals surface area contributed by atoms with Crippen LogP contribution in [0.4, 0.5) is 0 Å². The lowest BCUT2D eigenvalue weighted by Gasteiger charge is -2.39. The Bertz CT molecular complexity index is 375. The molecule has 5 heteroatoms. The lowest BCUT2D eigenvalue weighted by molar-refractivity contribution is -0.127. The Morgan fingerprint density at radius 3 is 2.76 bits per heavy atom. The molecular formula is C16H30ClN3O. The molecule has 3 aliphatic rings. The Labute approximate surface area is 134 Å². The van der Waals surface area contributed by atoms with Crippen molar-refractivity contribution < 1.29 is 4.79 Å². The summed E-state index contributed by atoms with van der Waals surface area (Å²) in [5, 5.41) is 6.79. The first-order valence-corrected chi connectivity index (χ1v) is 8.36. The first-order chi connectivity index (χ1) is 9.58. The van der Waals surface area contributed by atoms with E-state index in [1.807, 2.05) is 0 Å². The molecule has 3 unspecified atom stereocenters. The molecule has 0 aromatic heterocycles. The van der Waals surface area contributed by atoms with Crippen molar-refractivity contribution in [2.24, 2.45) is 5.41 Å². The molecule has 3 fully saturated rings. The number of carbonyl (C=O) groups excluding carboxylic acids is 1. The number of fused-ring (bicyclic) bond motifs is 1. The maximum atomic E-state index is 12.7. The number of carbonyl (C=O) groups is 1. The third kappa shape index (κ3) is 3.54. The minimum Gasteiger partial charge on any atom is -0.350 e. The Kier molecular flexibility index (Phi) is 5.55. The van der Waals surface area contributed by atoms with Crippen LogP contribution in [0.25, 0.3) is 0 Å². The highest BCUT2D eigenvalue weighted by Gasteiger charge is 2.41. The number of hydrogen-bond donors (Lipinski definition) is 2. The molecule has 3 atom stereocenters. The van der Waals surface area contributed by atoms with Crippen molar-refractivity contribution >= 4 is 18.3 Å². The van der Waals surface area contributed by atoms with Crippen LogP contribution in [0.2, 0.25) is 0 Å². The fraction of sp³-hybridized carbons (Fsp3) is 0.938. The topological polar surface area (TPSA) is 44.4 Å². The summed E-state index contributed by atoms with van der Waals surface area (Å²) in [6, 6.07) is 0.954. The largest absolute Gasteiger partial charge is 0.350 e. The minimum atomic E-state index is -0.0195. The van der Waals surface area contributed by atoms with Crippen molar-refractivity contribution in [2.45, 2.75) is 70.5 Å². The molecule has 3 saturated heterocycles. The first-order valence-electron chi connectivity index (χ1n) is 8.36. The summed E-state index contributed by atoms with van der Waals surface area (Å²) in [7, 11) is 0. The zero-order chi connectivity index (χ0) is 14.2. The van der Waals surface area contributed by atoms with Gasteiger partial charge in [0.2, 0.25) is 5.91 Å². The van der Waals surface area contributed by atoms with Crippen molar-refractivity contribution in [1.82, 2.24) is 15.5 Å². The second kappa shape index (κ2) is 6.84. The number of halogens is 1. The predicted molar refractivity (Wildman–Crippen MR) is 87.8 cm³/mol. The van der Waals surface area contributed by atoms with E-state index in [4.69, 9.17) is 0 Å². The molecule has 3 aliphatic heterocycles. The van der Waals surface area contributed by atoms with E-state index >= 15 is 0 Å². The molecule has 21 heavy (non-hydrogen) atoms. The highest BCUT2D eigenvalue weighted by atomic mass is 35.5. The van der Waals surface area contributed by atoms with E-state index in [9.17, 15) is 4.79 Å². The lowest BCUT2D eigenvalue weighted by Crippen LogP contribution is -2.58. The second-order valence-electron chi connectivity index (χ2n) is 7.48. The SMILES string of the molecule is CC1(C)CCCNC1C(=O)NC1CCN2CCCCC12.Cl. The van der Waals surface area contributed by atoms with Gasteiger partial charge >= 0.3 is 0 Å². The van der Waals surface area contributed by atoms with E-state index in [2.05, 4.69) is 29.4 Å². The van der Waals surface area contributed by atoms with E-state index in [1.54, 1.807) is 0 Å². The Morgan fingerprint density at radius 2 is 2.00 bits per heavy atom. The maximum absolute atomic E-state index is 12.7. The summed E-state index contributed by atoms with van der Waals surface area (Å²) >= 11 is 0. The van der Waals surface area contributed by atoms with Crippen molar-refractivity contribution in [1.29, 1.82) is 0 Å². The highest BCUT2D eigenvalue weighted by molar-refractivity contribution is 5.85. The van der Waals surface area contributed by atoms with Gasteiger partial charge in [-0.3, -0.25) is 9.69 Å². The van der Waals surface area contributed by atoms with Gasteiger partial charge in [-0.15, -0.1) is 12.4 Å². The van der Waals surface area contributed by atoms with E-state index in [-0.39, 0.29) is 29.8 Å². The van der Waals surface area contributed by atoms with Crippen LogP contribution in [0.15, 0.2) is 0 Å². The predicted octanol–water partition coefficient (Wildman–Crippen LogP) is 1.93. The van der Waals surface area contributed by atoms with Gasteiger partial charge in [0.25, 0.3) is 0 Å². The summed E-state index contributed by atoms with van der Waals surface area (Å²) in [6.07, 6.45) is 7.35. The third-order valence-electron chi connectivity index (χ3n) is 5.57. The van der Waals surface area contributed by atoms with Crippen molar-refractivity contribution in [3.8, 4) is 0 Å². The molecule has 2 N–H and O–H groups in total. The van der Waals surface area contributed by atoms with Gasteiger partial charge in [-0.1, -0.05) is 20.3 Å². The van der Waals surface area contributed by atoms with Gasteiger partial charge in [-0.2, -0.15) is 0 Å². The van der Waals surface area contributed by atoms with E-state index in [1.165, 1.54) is 32.2 Å². The molecule has 3 rings (SSSR count). The smallest absolute Gasteiger partial charge is 0.237 e.